The zero-order valence-electron chi connectivity index (χ0n) is 9.91. The number of carbonyl (C=O) groups excluding carboxylic acids is 1. The first-order chi connectivity index (χ1) is 8.72. The van der Waals surface area contributed by atoms with Gasteiger partial charge in [0.05, 0.1) is 12.8 Å². The number of hydrogen-bond donors (Lipinski definition) is 2. The molecule has 1 aliphatic rings. The highest BCUT2D eigenvalue weighted by atomic mass is 19.1. The van der Waals surface area contributed by atoms with Crippen LogP contribution in [0.4, 0.5) is 4.39 Å². The Balaban J connectivity index is 2.07. The third kappa shape index (κ3) is 2.87. The molecule has 0 fully saturated rings. The average molecular weight is 250 g/mol. The number of fused-ring (bicyclic) bond motifs is 1. The van der Waals surface area contributed by atoms with E-state index in [1.165, 1.54) is 0 Å². The number of carbonyl (C=O) groups is 1. The van der Waals surface area contributed by atoms with Gasteiger partial charge < -0.3 is 15.8 Å². The van der Waals surface area contributed by atoms with Crippen LogP contribution in [-0.4, -0.2) is 19.1 Å². The third-order valence-corrected chi connectivity index (χ3v) is 2.85. The first kappa shape index (κ1) is 12.6. The summed E-state index contributed by atoms with van der Waals surface area (Å²) in [6.45, 7) is 0.800. The highest BCUT2D eigenvalue weighted by molar-refractivity contribution is 5.80. The smallest absolute Gasteiger partial charge is 0.224 e. The van der Waals surface area contributed by atoms with Gasteiger partial charge in [0.25, 0.3) is 0 Å². The summed E-state index contributed by atoms with van der Waals surface area (Å²) < 4.78 is 17.7. The van der Waals surface area contributed by atoms with Crippen LogP contribution in [0, 0.1) is 0 Å². The Morgan fingerprint density at radius 3 is 3.06 bits per heavy atom. The van der Waals surface area contributed by atoms with Crippen LogP contribution in [-0.2, 0) is 17.8 Å². The molecule has 96 valence electrons. The largest absolute Gasteiger partial charge is 0.489 e. The van der Waals surface area contributed by atoms with Gasteiger partial charge >= 0.3 is 0 Å². The fourth-order valence-corrected chi connectivity index (χ4v) is 1.77. The molecule has 0 aliphatic carbocycles. The van der Waals surface area contributed by atoms with Gasteiger partial charge in [0, 0.05) is 18.7 Å². The number of benzene rings is 1. The maximum absolute atomic E-state index is 12.3. The predicted octanol–water partition coefficient (Wildman–Crippen LogP) is 1.05. The molecule has 0 saturated heterocycles. The maximum atomic E-state index is 12.3. The van der Waals surface area contributed by atoms with Gasteiger partial charge in [0.2, 0.25) is 5.91 Å². The summed E-state index contributed by atoms with van der Waals surface area (Å²) in [5.41, 5.74) is 7.77. The van der Waals surface area contributed by atoms with Crippen LogP contribution in [0.1, 0.15) is 11.1 Å². The summed E-state index contributed by atoms with van der Waals surface area (Å²) >= 11 is 0. The second-order valence-corrected chi connectivity index (χ2v) is 4.14. The van der Waals surface area contributed by atoms with Gasteiger partial charge in [-0.2, -0.15) is 0 Å². The molecule has 1 aromatic carbocycles. The van der Waals surface area contributed by atoms with Crippen molar-refractivity contribution in [2.45, 2.75) is 13.0 Å². The van der Waals surface area contributed by atoms with Gasteiger partial charge in [-0.25, -0.2) is 4.39 Å². The van der Waals surface area contributed by atoms with Crippen LogP contribution in [0.25, 0.3) is 0 Å². The van der Waals surface area contributed by atoms with E-state index in [1.54, 1.807) is 0 Å². The van der Waals surface area contributed by atoms with Crippen LogP contribution in [0.3, 0.4) is 0 Å². The molecule has 1 aliphatic heterocycles. The van der Waals surface area contributed by atoms with Crippen molar-refractivity contribution in [3.8, 4) is 5.75 Å². The fourth-order valence-electron chi connectivity index (χ4n) is 1.77. The van der Waals surface area contributed by atoms with E-state index in [4.69, 9.17) is 10.5 Å². The molecule has 0 saturated carbocycles. The molecule has 0 unspecified atom stereocenters. The molecule has 5 heteroatoms. The molecule has 3 N–H and O–H groups in total. The van der Waals surface area contributed by atoms with Crippen molar-refractivity contribution in [2.24, 2.45) is 5.73 Å². The Hall–Kier alpha value is -1.88. The maximum Gasteiger partial charge on any atom is 0.224 e. The van der Waals surface area contributed by atoms with Crippen molar-refractivity contribution in [3.05, 3.63) is 41.2 Å². The molecule has 0 radical (unpaired) electrons. The molecule has 4 nitrogen and oxygen atoms in total. The monoisotopic (exact) mass is 250 g/mol. The number of nitrogens with one attached hydrogen (secondary N) is 1. The molecule has 2 rings (SSSR count). The van der Waals surface area contributed by atoms with Gasteiger partial charge in [-0.05, 0) is 23.3 Å². The molecule has 0 spiro atoms. The van der Waals surface area contributed by atoms with E-state index in [0.717, 1.165) is 11.1 Å². The van der Waals surface area contributed by atoms with Crippen LogP contribution < -0.4 is 15.8 Å². The second-order valence-electron chi connectivity index (χ2n) is 4.14. The highest BCUT2D eigenvalue weighted by Crippen LogP contribution is 2.21. The number of halogens is 1. The minimum atomic E-state index is 0.00551. The minimum Gasteiger partial charge on any atom is -0.489 e. The molecule has 1 aromatic rings. The van der Waals surface area contributed by atoms with Crippen LogP contribution >= 0.6 is 0 Å². The first-order valence-corrected chi connectivity index (χ1v) is 5.72. The van der Waals surface area contributed by atoms with E-state index in [0.29, 0.717) is 30.6 Å². The van der Waals surface area contributed by atoms with Crippen molar-refractivity contribution in [2.75, 3.05) is 13.2 Å². The number of ether oxygens (including phenoxy) is 1. The quantitative estimate of drug-likeness (QED) is 0.839. The first-order valence-electron chi connectivity index (χ1n) is 5.72. The Kier molecular flexibility index (Phi) is 3.94. The zero-order valence-corrected chi connectivity index (χ0v) is 9.91. The normalized spacial score (nSPS) is 15.0. The third-order valence-electron chi connectivity index (χ3n) is 2.85. The van der Waals surface area contributed by atoms with E-state index in [2.05, 4.69) is 5.32 Å². The number of nitrogens with two attached hydrogens (primary N) is 1. The number of amides is 1. The van der Waals surface area contributed by atoms with Crippen molar-refractivity contribution >= 4 is 5.91 Å². The lowest BCUT2D eigenvalue weighted by Gasteiger charge is -2.17. The van der Waals surface area contributed by atoms with Gasteiger partial charge in [-0.15, -0.1) is 0 Å². The standard InChI is InChI=1S/C13H15FN2O2/c14-5-9(6-15)8-18-12-2-1-10-7-16-13(17)4-11(10)3-12/h1-3,5H,4,6-8,15H2,(H,16,17)/b9-5-. The summed E-state index contributed by atoms with van der Waals surface area (Å²) in [5.74, 6) is 0.627. The van der Waals surface area contributed by atoms with Gasteiger partial charge in [-0.3, -0.25) is 4.79 Å². The highest BCUT2D eigenvalue weighted by Gasteiger charge is 2.15. The van der Waals surface area contributed by atoms with Gasteiger partial charge in [0.1, 0.15) is 12.4 Å². The summed E-state index contributed by atoms with van der Waals surface area (Å²) in [6, 6.07) is 5.54. The summed E-state index contributed by atoms with van der Waals surface area (Å²) in [5, 5.41) is 2.77. The van der Waals surface area contributed by atoms with Gasteiger partial charge in [0.15, 0.2) is 0 Å². The van der Waals surface area contributed by atoms with Crippen molar-refractivity contribution in [3.63, 3.8) is 0 Å². The molecular weight excluding hydrogens is 235 g/mol. The average Bonchev–Trinajstić information content (AvgIpc) is 2.39. The molecule has 1 amide bonds. The molecule has 0 bridgehead atoms. The Morgan fingerprint density at radius 2 is 2.33 bits per heavy atom. The van der Waals surface area contributed by atoms with Crippen molar-refractivity contribution in [1.82, 2.24) is 5.32 Å². The lowest BCUT2D eigenvalue weighted by Crippen LogP contribution is -2.30. The summed E-state index contributed by atoms with van der Waals surface area (Å²) in [7, 11) is 0. The van der Waals surface area contributed by atoms with Crippen molar-refractivity contribution < 1.29 is 13.9 Å². The molecule has 1 heterocycles. The summed E-state index contributed by atoms with van der Waals surface area (Å²) in [4.78, 5) is 11.3. The predicted molar refractivity (Wildman–Crippen MR) is 65.7 cm³/mol. The Morgan fingerprint density at radius 1 is 1.50 bits per heavy atom. The molecule has 18 heavy (non-hydrogen) atoms. The SMILES string of the molecule is NC/C(=C/F)COc1ccc2c(c1)CC(=O)NC2. The lowest BCUT2D eigenvalue weighted by atomic mass is 10.0. The second kappa shape index (κ2) is 5.64. The van der Waals surface area contributed by atoms with Crippen LogP contribution in [0.2, 0.25) is 0 Å². The lowest BCUT2D eigenvalue weighted by molar-refractivity contribution is -0.121. The van der Waals surface area contributed by atoms with E-state index in [9.17, 15) is 9.18 Å². The van der Waals surface area contributed by atoms with Gasteiger partial charge in [-0.1, -0.05) is 6.07 Å². The number of rotatable bonds is 4. The minimum absolute atomic E-state index is 0.00551. The van der Waals surface area contributed by atoms with E-state index in [1.807, 2.05) is 18.2 Å². The summed E-state index contributed by atoms with van der Waals surface area (Å²) in [6.07, 6.45) is 0.821. The van der Waals surface area contributed by atoms with Crippen molar-refractivity contribution in [1.29, 1.82) is 0 Å². The topological polar surface area (TPSA) is 64.3 Å². The molecular formula is C13H15FN2O2. The van der Waals surface area contributed by atoms with E-state index >= 15 is 0 Å². The zero-order chi connectivity index (χ0) is 13.0. The number of hydrogen-bond acceptors (Lipinski definition) is 3. The fraction of sp³-hybridized carbons (Fsp3) is 0.308. The molecule has 0 atom stereocenters. The van der Waals surface area contributed by atoms with Crippen LogP contribution in [0.5, 0.6) is 5.75 Å². The molecule has 0 aromatic heterocycles. The van der Waals surface area contributed by atoms with E-state index in [-0.39, 0.29) is 19.1 Å². The Bertz CT molecular complexity index is 486. The van der Waals surface area contributed by atoms with Crippen LogP contribution in [0.15, 0.2) is 30.1 Å². The Labute approximate surface area is 105 Å². The van der Waals surface area contributed by atoms with E-state index < -0.39 is 0 Å².